The van der Waals surface area contributed by atoms with E-state index in [0.717, 1.165) is 56.0 Å². The van der Waals surface area contributed by atoms with Crippen molar-refractivity contribution in [2.45, 2.75) is 25.7 Å². The molecule has 3 rings (SSSR count). The van der Waals surface area contributed by atoms with Crippen molar-refractivity contribution in [3.05, 3.63) is 23.8 Å². The van der Waals surface area contributed by atoms with Gasteiger partial charge in [0.2, 0.25) is 5.91 Å². The van der Waals surface area contributed by atoms with E-state index in [1.54, 1.807) is 0 Å². The maximum absolute atomic E-state index is 12.5. The minimum atomic E-state index is 0. The summed E-state index contributed by atoms with van der Waals surface area (Å²) in [5, 5.41) is 0. The number of benzene rings is 1. The van der Waals surface area contributed by atoms with E-state index >= 15 is 0 Å². The summed E-state index contributed by atoms with van der Waals surface area (Å²) in [5.74, 6) is 0.598. The maximum Gasteiger partial charge on any atom is 0.227 e. The van der Waals surface area contributed by atoms with Crippen molar-refractivity contribution < 1.29 is 9.53 Å². The summed E-state index contributed by atoms with van der Waals surface area (Å²) in [6.07, 6.45) is 3.56. The largest absolute Gasteiger partial charge is 0.398 e. The molecule has 0 aromatic heterocycles. The second kappa shape index (κ2) is 6.46. The van der Waals surface area contributed by atoms with Crippen LogP contribution in [0.25, 0.3) is 0 Å². The molecule has 1 aromatic rings. The van der Waals surface area contributed by atoms with Gasteiger partial charge in [-0.25, -0.2) is 0 Å². The standard InChI is InChI=1S/C15H20N2O2.ClH/c16-13-4-1-5-14-12(13)3-2-7-17(14)15(18)9-11-6-8-19-10-11;/h1,4-5,11H,2-3,6-10,16H2;1H. The number of carbonyl (C=O) groups excluding carboxylic acids is 1. The smallest absolute Gasteiger partial charge is 0.227 e. The Morgan fingerprint density at radius 3 is 3.05 bits per heavy atom. The van der Waals surface area contributed by atoms with Crippen LogP contribution in [0.5, 0.6) is 0 Å². The van der Waals surface area contributed by atoms with Gasteiger partial charge in [-0.3, -0.25) is 4.79 Å². The van der Waals surface area contributed by atoms with Crippen LogP contribution in [0.2, 0.25) is 0 Å². The molecule has 5 heteroatoms. The summed E-state index contributed by atoms with van der Waals surface area (Å²) in [5.41, 5.74) is 8.95. The second-order valence-corrected chi connectivity index (χ2v) is 5.43. The normalized spacial score (nSPS) is 21.2. The maximum atomic E-state index is 12.5. The van der Waals surface area contributed by atoms with E-state index in [0.29, 0.717) is 12.3 Å². The molecule has 0 radical (unpaired) electrons. The molecule has 2 aliphatic rings. The lowest BCUT2D eigenvalue weighted by Crippen LogP contribution is -2.36. The van der Waals surface area contributed by atoms with Crippen molar-refractivity contribution in [3.8, 4) is 0 Å². The topological polar surface area (TPSA) is 55.6 Å². The molecule has 0 aliphatic carbocycles. The molecule has 110 valence electrons. The molecule has 1 atom stereocenters. The minimum absolute atomic E-state index is 0. The zero-order valence-corrected chi connectivity index (χ0v) is 12.3. The van der Waals surface area contributed by atoms with Gasteiger partial charge in [0.05, 0.1) is 0 Å². The summed E-state index contributed by atoms with van der Waals surface area (Å²) < 4.78 is 5.34. The fourth-order valence-electron chi connectivity index (χ4n) is 3.01. The number of hydrogen-bond donors (Lipinski definition) is 1. The first-order chi connectivity index (χ1) is 9.25. The summed E-state index contributed by atoms with van der Waals surface area (Å²) in [6.45, 7) is 2.33. The highest BCUT2D eigenvalue weighted by Gasteiger charge is 2.27. The summed E-state index contributed by atoms with van der Waals surface area (Å²) in [4.78, 5) is 14.4. The van der Waals surface area contributed by atoms with Gasteiger partial charge in [0.1, 0.15) is 0 Å². The van der Waals surface area contributed by atoms with Gasteiger partial charge in [-0.15, -0.1) is 12.4 Å². The SMILES string of the molecule is Cl.Nc1cccc2c1CCCN2C(=O)CC1CCOC1. The van der Waals surface area contributed by atoms with Crippen LogP contribution >= 0.6 is 12.4 Å². The predicted molar refractivity (Wildman–Crippen MR) is 82.3 cm³/mol. The molecule has 4 nitrogen and oxygen atoms in total. The van der Waals surface area contributed by atoms with Gasteiger partial charge in [0.15, 0.2) is 0 Å². The van der Waals surface area contributed by atoms with Gasteiger partial charge in [-0.1, -0.05) is 6.07 Å². The van der Waals surface area contributed by atoms with Crippen LogP contribution in [-0.4, -0.2) is 25.7 Å². The molecule has 1 amide bonds. The quantitative estimate of drug-likeness (QED) is 0.853. The van der Waals surface area contributed by atoms with Gasteiger partial charge in [-0.2, -0.15) is 0 Å². The summed E-state index contributed by atoms with van der Waals surface area (Å²) in [7, 11) is 0. The van der Waals surface area contributed by atoms with Crippen molar-refractivity contribution in [2.24, 2.45) is 5.92 Å². The van der Waals surface area contributed by atoms with E-state index in [9.17, 15) is 4.79 Å². The number of nitrogens with zero attached hydrogens (tertiary/aromatic N) is 1. The van der Waals surface area contributed by atoms with Crippen molar-refractivity contribution in [1.82, 2.24) is 0 Å². The fraction of sp³-hybridized carbons (Fsp3) is 0.533. The Bertz CT molecular complexity index is 487. The summed E-state index contributed by atoms with van der Waals surface area (Å²) in [6, 6.07) is 5.85. The van der Waals surface area contributed by atoms with Gasteiger partial charge >= 0.3 is 0 Å². The van der Waals surface area contributed by atoms with Crippen molar-refractivity contribution in [2.75, 3.05) is 30.4 Å². The Labute approximate surface area is 125 Å². The second-order valence-electron chi connectivity index (χ2n) is 5.43. The highest BCUT2D eigenvalue weighted by Crippen LogP contribution is 2.32. The zero-order valence-electron chi connectivity index (χ0n) is 11.5. The van der Waals surface area contributed by atoms with E-state index in [2.05, 4.69) is 0 Å². The van der Waals surface area contributed by atoms with Crippen LogP contribution in [0.15, 0.2) is 18.2 Å². The number of hydrogen-bond acceptors (Lipinski definition) is 3. The van der Waals surface area contributed by atoms with E-state index in [1.165, 1.54) is 0 Å². The van der Waals surface area contributed by atoms with E-state index < -0.39 is 0 Å². The first-order valence-electron chi connectivity index (χ1n) is 7.01. The van der Waals surface area contributed by atoms with Crippen molar-refractivity contribution >= 4 is 29.7 Å². The van der Waals surface area contributed by atoms with Crippen LogP contribution in [-0.2, 0) is 16.0 Å². The van der Waals surface area contributed by atoms with Crippen LogP contribution in [0, 0.1) is 5.92 Å². The molecular weight excluding hydrogens is 276 g/mol. The predicted octanol–water partition coefficient (Wildman–Crippen LogP) is 2.40. The summed E-state index contributed by atoms with van der Waals surface area (Å²) >= 11 is 0. The monoisotopic (exact) mass is 296 g/mol. The average molecular weight is 297 g/mol. The Balaban J connectivity index is 0.00000147. The first-order valence-corrected chi connectivity index (χ1v) is 7.01. The molecule has 2 N–H and O–H groups in total. The Morgan fingerprint density at radius 1 is 1.45 bits per heavy atom. The number of anilines is 2. The molecule has 0 bridgehead atoms. The van der Waals surface area contributed by atoms with Crippen molar-refractivity contribution in [1.29, 1.82) is 0 Å². The van der Waals surface area contributed by atoms with Gasteiger partial charge < -0.3 is 15.4 Å². The third kappa shape index (κ3) is 2.91. The Hall–Kier alpha value is -1.26. The van der Waals surface area contributed by atoms with E-state index in [1.807, 2.05) is 23.1 Å². The lowest BCUT2D eigenvalue weighted by molar-refractivity contribution is -0.119. The number of rotatable bonds is 2. The molecule has 0 spiro atoms. The minimum Gasteiger partial charge on any atom is -0.398 e. The molecule has 1 unspecified atom stereocenters. The number of ether oxygens (including phenoxy) is 1. The van der Waals surface area contributed by atoms with E-state index in [4.69, 9.17) is 10.5 Å². The molecule has 1 fully saturated rings. The number of fused-ring (bicyclic) bond motifs is 1. The van der Waals surface area contributed by atoms with Crippen LogP contribution < -0.4 is 10.6 Å². The molecule has 0 saturated carbocycles. The van der Waals surface area contributed by atoms with Crippen LogP contribution in [0.3, 0.4) is 0 Å². The highest BCUT2D eigenvalue weighted by molar-refractivity contribution is 5.95. The molecule has 20 heavy (non-hydrogen) atoms. The average Bonchev–Trinajstić information content (AvgIpc) is 2.91. The lowest BCUT2D eigenvalue weighted by Gasteiger charge is -2.31. The molecule has 1 saturated heterocycles. The third-order valence-corrected chi connectivity index (χ3v) is 4.08. The Kier molecular flexibility index (Phi) is 4.89. The van der Waals surface area contributed by atoms with Gasteiger partial charge in [0, 0.05) is 37.6 Å². The van der Waals surface area contributed by atoms with Crippen LogP contribution in [0.1, 0.15) is 24.8 Å². The van der Waals surface area contributed by atoms with Crippen molar-refractivity contribution in [3.63, 3.8) is 0 Å². The van der Waals surface area contributed by atoms with Gasteiger partial charge in [-0.05, 0) is 42.9 Å². The molecule has 2 aliphatic heterocycles. The number of amides is 1. The highest BCUT2D eigenvalue weighted by atomic mass is 35.5. The lowest BCUT2D eigenvalue weighted by atomic mass is 9.98. The van der Waals surface area contributed by atoms with Crippen LogP contribution in [0.4, 0.5) is 11.4 Å². The molecule has 1 aromatic carbocycles. The number of nitrogen functional groups attached to an aromatic ring is 1. The third-order valence-electron chi connectivity index (χ3n) is 4.08. The Morgan fingerprint density at radius 2 is 2.30 bits per heavy atom. The molecule has 2 heterocycles. The number of nitrogens with two attached hydrogens (primary N) is 1. The fourth-order valence-corrected chi connectivity index (χ4v) is 3.01. The van der Waals surface area contributed by atoms with E-state index in [-0.39, 0.29) is 18.3 Å². The van der Waals surface area contributed by atoms with Gasteiger partial charge in [0.25, 0.3) is 0 Å². The number of halogens is 1. The molecular formula is C15H21ClN2O2. The number of carbonyl (C=O) groups is 1. The first kappa shape index (κ1) is 15.1. The zero-order chi connectivity index (χ0) is 13.2.